The summed E-state index contributed by atoms with van der Waals surface area (Å²) in [5.41, 5.74) is 0. The van der Waals surface area contributed by atoms with Gasteiger partial charge in [0, 0.05) is 18.7 Å². The van der Waals surface area contributed by atoms with Crippen LogP contribution in [0.25, 0.3) is 0 Å². The fourth-order valence-electron chi connectivity index (χ4n) is 2.91. The first-order chi connectivity index (χ1) is 10.1. The Bertz CT molecular complexity index is 452. The highest BCUT2D eigenvalue weighted by atomic mass is 32.2. The molecule has 3 atom stereocenters. The molecule has 0 radical (unpaired) electrons. The van der Waals surface area contributed by atoms with Gasteiger partial charge in [-0.15, -0.1) is 0 Å². The molecule has 1 aromatic rings. The van der Waals surface area contributed by atoms with E-state index in [4.69, 9.17) is 0 Å². The fraction of sp³-hybridized carbons (Fsp3) is 0.750. The number of anilines is 2. The molecular weight excluding hydrogens is 280 g/mol. The summed E-state index contributed by atoms with van der Waals surface area (Å²) in [7, 11) is 0. The third-order valence-electron chi connectivity index (χ3n) is 4.48. The summed E-state index contributed by atoms with van der Waals surface area (Å²) < 4.78 is 0. The van der Waals surface area contributed by atoms with Gasteiger partial charge in [0.15, 0.2) is 5.16 Å². The van der Waals surface area contributed by atoms with Gasteiger partial charge in [0.25, 0.3) is 0 Å². The van der Waals surface area contributed by atoms with E-state index in [2.05, 4.69) is 41.4 Å². The third kappa shape index (κ3) is 4.50. The molecule has 2 rings (SSSR count). The van der Waals surface area contributed by atoms with Crippen molar-refractivity contribution >= 4 is 23.4 Å². The zero-order valence-electron chi connectivity index (χ0n) is 13.6. The number of aromatic nitrogens is 2. The van der Waals surface area contributed by atoms with Gasteiger partial charge in [-0.25, -0.2) is 9.97 Å². The van der Waals surface area contributed by atoms with Crippen LogP contribution in [0.4, 0.5) is 11.6 Å². The van der Waals surface area contributed by atoms with Crippen LogP contribution in [0, 0.1) is 11.8 Å². The van der Waals surface area contributed by atoms with Crippen LogP contribution in [0.3, 0.4) is 0 Å². The Hall–Kier alpha value is -0.970. The molecule has 3 unspecified atom stereocenters. The standard InChI is InChI=1S/C16H28N4S/c1-5-9-17-14-10-15(20-16(19-14)21-4)18-13-8-6-7-11(2)12(13)3/h10-13H,5-9H2,1-4H3,(H2,17,18,19,20). The Kier molecular flexibility index (Phi) is 6.15. The van der Waals surface area contributed by atoms with E-state index in [1.807, 2.05) is 12.3 Å². The molecule has 2 N–H and O–H groups in total. The summed E-state index contributed by atoms with van der Waals surface area (Å²) in [5, 5.41) is 7.84. The highest BCUT2D eigenvalue weighted by molar-refractivity contribution is 7.98. The Morgan fingerprint density at radius 3 is 2.71 bits per heavy atom. The normalized spacial score (nSPS) is 25.6. The second kappa shape index (κ2) is 7.87. The Morgan fingerprint density at radius 1 is 1.24 bits per heavy atom. The molecule has 1 aliphatic carbocycles. The Morgan fingerprint density at radius 2 is 2.00 bits per heavy atom. The van der Waals surface area contributed by atoms with Gasteiger partial charge in [0.05, 0.1) is 0 Å². The van der Waals surface area contributed by atoms with Gasteiger partial charge >= 0.3 is 0 Å². The van der Waals surface area contributed by atoms with Crippen molar-refractivity contribution in [2.75, 3.05) is 23.4 Å². The first-order valence-electron chi connectivity index (χ1n) is 8.07. The van der Waals surface area contributed by atoms with Crippen LogP contribution in [-0.4, -0.2) is 28.8 Å². The molecule has 21 heavy (non-hydrogen) atoms. The van der Waals surface area contributed by atoms with Crippen LogP contribution in [0.5, 0.6) is 0 Å². The first kappa shape index (κ1) is 16.4. The number of rotatable bonds is 6. The maximum absolute atomic E-state index is 4.61. The molecule has 0 aromatic carbocycles. The van der Waals surface area contributed by atoms with Crippen molar-refractivity contribution in [3.05, 3.63) is 6.07 Å². The highest BCUT2D eigenvalue weighted by Gasteiger charge is 2.27. The quantitative estimate of drug-likeness (QED) is 0.607. The van der Waals surface area contributed by atoms with E-state index in [1.165, 1.54) is 19.3 Å². The zero-order valence-corrected chi connectivity index (χ0v) is 14.5. The van der Waals surface area contributed by atoms with E-state index in [1.54, 1.807) is 11.8 Å². The molecule has 0 amide bonds. The van der Waals surface area contributed by atoms with Crippen molar-refractivity contribution < 1.29 is 0 Å². The first-order valence-corrected chi connectivity index (χ1v) is 9.30. The molecule has 118 valence electrons. The van der Waals surface area contributed by atoms with Crippen molar-refractivity contribution in [1.82, 2.24) is 9.97 Å². The molecular formula is C16H28N4S. The van der Waals surface area contributed by atoms with Gasteiger partial charge in [0.1, 0.15) is 11.6 Å². The summed E-state index contributed by atoms with van der Waals surface area (Å²) in [6.07, 6.45) is 7.02. The van der Waals surface area contributed by atoms with Crippen LogP contribution < -0.4 is 10.6 Å². The average Bonchev–Trinajstić information content (AvgIpc) is 2.49. The average molecular weight is 308 g/mol. The molecule has 1 saturated carbocycles. The van der Waals surface area contributed by atoms with Crippen molar-refractivity contribution in [2.24, 2.45) is 11.8 Å². The molecule has 1 fully saturated rings. The minimum atomic E-state index is 0.525. The maximum Gasteiger partial charge on any atom is 0.191 e. The van der Waals surface area contributed by atoms with Gasteiger partial charge < -0.3 is 10.6 Å². The lowest BCUT2D eigenvalue weighted by molar-refractivity contribution is 0.253. The van der Waals surface area contributed by atoms with Gasteiger partial charge in [-0.2, -0.15) is 0 Å². The zero-order chi connectivity index (χ0) is 15.2. The number of nitrogens with zero attached hydrogens (tertiary/aromatic N) is 2. The topological polar surface area (TPSA) is 49.8 Å². The number of nitrogens with one attached hydrogen (secondary N) is 2. The van der Waals surface area contributed by atoms with E-state index in [-0.39, 0.29) is 0 Å². The van der Waals surface area contributed by atoms with Crippen molar-refractivity contribution in [3.63, 3.8) is 0 Å². The summed E-state index contributed by atoms with van der Waals surface area (Å²) >= 11 is 1.59. The predicted octanol–water partition coefficient (Wildman–Crippen LogP) is 4.26. The second-order valence-corrected chi connectivity index (χ2v) is 6.84. The lowest BCUT2D eigenvalue weighted by Gasteiger charge is -2.35. The van der Waals surface area contributed by atoms with Crippen molar-refractivity contribution in [2.45, 2.75) is 57.7 Å². The fourth-order valence-corrected chi connectivity index (χ4v) is 3.29. The molecule has 1 aromatic heterocycles. The van der Waals surface area contributed by atoms with Crippen LogP contribution in [0.1, 0.15) is 46.5 Å². The van der Waals surface area contributed by atoms with Crippen molar-refractivity contribution in [3.8, 4) is 0 Å². The van der Waals surface area contributed by atoms with E-state index in [9.17, 15) is 0 Å². The third-order valence-corrected chi connectivity index (χ3v) is 5.03. The largest absolute Gasteiger partial charge is 0.370 e. The molecule has 1 heterocycles. The van der Waals surface area contributed by atoms with E-state index in [0.717, 1.165) is 35.7 Å². The van der Waals surface area contributed by atoms with Crippen LogP contribution in [0.15, 0.2) is 11.2 Å². The van der Waals surface area contributed by atoms with Gasteiger partial charge in [0.2, 0.25) is 0 Å². The summed E-state index contributed by atoms with van der Waals surface area (Å²) in [4.78, 5) is 9.13. The predicted molar refractivity (Wildman–Crippen MR) is 92.2 cm³/mol. The van der Waals surface area contributed by atoms with Gasteiger partial charge in [-0.3, -0.25) is 0 Å². The number of hydrogen-bond acceptors (Lipinski definition) is 5. The van der Waals surface area contributed by atoms with Crippen LogP contribution >= 0.6 is 11.8 Å². The van der Waals surface area contributed by atoms with Gasteiger partial charge in [-0.1, -0.05) is 45.4 Å². The smallest absolute Gasteiger partial charge is 0.191 e. The molecule has 0 bridgehead atoms. The maximum atomic E-state index is 4.61. The highest BCUT2D eigenvalue weighted by Crippen LogP contribution is 2.31. The second-order valence-electron chi connectivity index (χ2n) is 6.07. The monoisotopic (exact) mass is 308 g/mol. The molecule has 1 aliphatic rings. The van der Waals surface area contributed by atoms with Gasteiger partial charge in [-0.05, 0) is 30.9 Å². The molecule has 4 nitrogen and oxygen atoms in total. The lowest BCUT2D eigenvalue weighted by Crippen LogP contribution is -2.35. The Labute approximate surface area is 132 Å². The van der Waals surface area contributed by atoms with E-state index in [0.29, 0.717) is 12.0 Å². The number of thioether (sulfide) groups is 1. The Balaban J connectivity index is 2.10. The van der Waals surface area contributed by atoms with E-state index < -0.39 is 0 Å². The van der Waals surface area contributed by atoms with E-state index >= 15 is 0 Å². The summed E-state index contributed by atoms with van der Waals surface area (Å²) in [6, 6.07) is 2.57. The summed E-state index contributed by atoms with van der Waals surface area (Å²) in [5.74, 6) is 3.36. The molecule has 0 spiro atoms. The minimum absolute atomic E-state index is 0.525. The molecule has 0 saturated heterocycles. The van der Waals surface area contributed by atoms with Crippen LogP contribution in [-0.2, 0) is 0 Å². The lowest BCUT2D eigenvalue weighted by atomic mass is 9.78. The minimum Gasteiger partial charge on any atom is -0.370 e. The SMILES string of the molecule is CCCNc1cc(NC2CCCC(C)C2C)nc(SC)n1. The summed E-state index contributed by atoms with van der Waals surface area (Å²) in [6.45, 7) is 7.82. The van der Waals surface area contributed by atoms with Crippen molar-refractivity contribution in [1.29, 1.82) is 0 Å². The molecule has 0 aliphatic heterocycles. The molecule has 5 heteroatoms. The van der Waals surface area contributed by atoms with Crippen LogP contribution in [0.2, 0.25) is 0 Å². The number of hydrogen-bond donors (Lipinski definition) is 2.